The van der Waals surface area contributed by atoms with E-state index in [1.165, 1.54) is 12.3 Å². The maximum atomic E-state index is 13.4. The minimum atomic E-state index is -0.944. The molecule has 0 aliphatic carbocycles. The highest BCUT2D eigenvalue weighted by Gasteiger charge is 2.33. The van der Waals surface area contributed by atoms with Crippen molar-refractivity contribution in [2.45, 2.75) is 12.3 Å². The molecule has 1 aliphatic rings. The Morgan fingerprint density at radius 2 is 1.74 bits per heavy atom. The number of amides is 1. The SMILES string of the molecule is COc1ccc(-c2coc3c4c(cc(O)c3c2=O)OC(=O)CC4c2ccc(OC(N)=O)cc2)cc1. The molecular weight excluding hydrogens is 454 g/mol. The van der Waals surface area contributed by atoms with Gasteiger partial charge in [-0.05, 0) is 35.4 Å². The number of esters is 1. The lowest BCUT2D eigenvalue weighted by molar-refractivity contribution is -0.135. The van der Waals surface area contributed by atoms with Crippen molar-refractivity contribution in [3.63, 3.8) is 0 Å². The van der Waals surface area contributed by atoms with Gasteiger partial charge in [0.25, 0.3) is 0 Å². The number of fused-ring (bicyclic) bond motifs is 3. The number of phenolic OH excluding ortho intramolecular Hbond substituents is 1. The summed E-state index contributed by atoms with van der Waals surface area (Å²) in [4.78, 5) is 36.8. The van der Waals surface area contributed by atoms with Crippen LogP contribution in [0.3, 0.4) is 0 Å². The third kappa shape index (κ3) is 3.93. The first-order chi connectivity index (χ1) is 16.9. The van der Waals surface area contributed by atoms with Crippen molar-refractivity contribution in [2.75, 3.05) is 7.11 Å². The quantitative estimate of drug-likeness (QED) is 0.334. The fourth-order valence-corrected chi connectivity index (χ4v) is 4.27. The Hall–Kier alpha value is -4.79. The summed E-state index contributed by atoms with van der Waals surface area (Å²) in [5.41, 5.74) is 6.73. The van der Waals surface area contributed by atoms with E-state index in [0.717, 1.165) is 0 Å². The van der Waals surface area contributed by atoms with E-state index in [2.05, 4.69) is 0 Å². The van der Waals surface area contributed by atoms with Crippen LogP contribution in [0.15, 0.2) is 70.1 Å². The Balaban J connectivity index is 1.67. The number of primary amides is 1. The molecule has 5 rings (SSSR count). The predicted octanol–water partition coefficient (Wildman–Crippen LogP) is 4.07. The first-order valence-electron chi connectivity index (χ1n) is 10.6. The van der Waals surface area contributed by atoms with Crippen LogP contribution in [0.1, 0.15) is 23.5 Å². The normalized spacial score (nSPS) is 14.8. The minimum absolute atomic E-state index is 0.0197. The molecule has 2 heterocycles. The number of rotatable bonds is 4. The molecule has 1 aromatic heterocycles. The van der Waals surface area contributed by atoms with Crippen molar-refractivity contribution in [1.29, 1.82) is 0 Å². The molecule has 0 radical (unpaired) electrons. The first kappa shape index (κ1) is 22.0. The maximum absolute atomic E-state index is 13.4. The largest absolute Gasteiger partial charge is 0.507 e. The van der Waals surface area contributed by atoms with Crippen molar-refractivity contribution in [3.8, 4) is 34.1 Å². The van der Waals surface area contributed by atoms with Crippen LogP contribution in [0, 0.1) is 0 Å². The van der Waals surface area contributed by atoms with Gasteiger partial charge in [-0.2, -0.15) is 0 Å². The molecule has 0 fully saturated rings. The second-order valence-corrected chi connectivity index (χ2v) is 7.94. The predicted molar refractivity (Wildman–Crippen MR) is 125 cm³/mol. The molecular formula is C26H19NO8. The van der Waals surface area contributed by atoms with E-state index in [1.807, 2.05) is 0 Å². The molecule has 176 valence electrons. The number of aromatic hydroxyl groups is 1. The molecule has 1 atom stereocenters. The average Bonchev–Trinajstić information content (AvgIpc) is 2.83. The standard InChI is InChI=1S/C26H19NO8/c1-32-15-6-2-14(3-7-15)18-12-33-25-22-17(13-4-8-16(9-5-13)34-26(27)31)10-21(29)35-20(22)11-19(28)23(25)24(18)30/h2-9,11-12,17,28H,10H2,1H3,(H2,27,31). The summed E-state index contributed by atoms with van der Waals surface area (Å²) < 4.78 is 21.3. The zero-order valence-corrected chi connectivity index (χ0v) is 18.4. The second kappa shape index (κ2) is 8.53. The molecule has 1 amide bonds. The van der Waals surface area contributed by atoms with Crippen LogP contribution in [0.5, 0.6) is 23.0 Å². The lowest BCUT2D eigenvalue weighted by Gasteiger charge is -2.26. The molecule has 9 nitrogen and oxygen atoms in total. The number of benzene rings is 3. The Bertz CT molecular complexity index is 1520. The van der Waals surface area contributed by atoms with E-state index in [-0.39, 0.29) is 40.2 Å². The van der Waals surface area contributed by atoms with Gasteiger partial charge < -0.3 is 29.5 Å². The minimum Gasteiger partial charge on any atom is -0.507 e. The fourth-order valence-electron chi connectivity index (χ4n) is 4.27. The molecule has 4 aromatic rings. The van der Waals surface area contributed by atoms with Gasteiger partial charge in [0.1, 0.15) is 40.2 Å². The molecule has 0 saturated carbocycles. The van der Waals surface area contributed by atoms with E-state index < -0.39 is 23.4 Å². The van der Waals surface area contributed by atoms with Gasteiger partial charge >= 0.3 is 12.1 Å². The third-order valence-electron chi connectivity index (χ3n) is 5.87. The smallest absolute Gasteiger partial charge is 0.409 e. The summed E-state index contributed by atoms with van der Waals surface area (Å²) in [5.74, 6) is -0.419. The van der Waals surface area contributed by atoms with Gasteiger partial charge in [-0.15, -0.1) is 0 Å². The maximum Gasteiger partial charge on any atom is 0.409 e. The van der Waals surface area contributed by atoms with Crippen molar-refractivity contribution >= 4 is 23.0 Å². The molecule has 35 heavy (non-hydrogen) atoms. The van der Waals surface area contributed by atoms with E-state index in [1.54, 1.807) is 55.6 Å². The highest BCUT2D eigenvalue weighted by Crippen LogP contribution is 2.45. The van der Waals surface area contributed by atoms with Crippen LogP contribution in [-0.2, 0) is 4.79 Å². The number of carbonyl (C=O) groups is 2. The molecule has 1 aliphatic heterocycles. The van der Waals surface area contributed by atoms with Gasteiger partial charge in [0.2, 0.25) is 5.43 Å². The summed E-state index contributed by atoms with van der Waals surface area (Å²) in [6.45, 7) is 0. The number of carbonyl (C=O) groups excluding carboxylic acids is 2. The second-order valence-electron chi connectivity index (χ2n) is 7.94. The average molecular weight is 473 g/mol. The van der Waals surface area contributed by atoms with Crippen LogP contribution >= 0.6 is 0 Å². The zero-order valence-electron chi connectivity index (χ0n) is 18.4. The number of ether oxygens (including phenoxy) is 3. The van der Waals surface area contributed by atoms with Crippen molar-refractivity contribution in [2.24, 2.45) is 5.73 Å². The Kier molecular flexibility index (Phi) is 5.37. The Labute approximate surface area is 198 Å². The van der Waals surface area contributed by atoms with E-state index in [9.17, 15) is 19.5 Å². The summed E-state index contributed by atoms with van der Waals surface area (Å²) in [6.07, 6.45) is 0.358. The van der Waals surface area contributed by atoms with Gasteiger partial charge in [-0.25, -0.2) is 4.79 Å². The van der Waals surface area contributed by atoms with Gasteiger partial charge in [-0.1, -0.05) is 24.3 Å². The van der Waals surface area contributed by atoms with Gasteiger partial charge in [-0.3, -0.25) is 9.59 Å². The Morgan fingerprint density at radius 1 is 1.06 bits per heavy atom. The summed E-state index contributed by atoms with van der Waals surface area (Å²) >= 11 is 0. The monoisotopic (exact) mass is 473 g/mol. The van der Waals surface area contributed by atoms with Gasteiger partial charge in [0.05, 0.1) is 19.1 Å². The van der Waals surface area contributed by atoms with E-state index in [4.69, 9.17) is 24.4 Å². The molecule has 0 bridgehead atoms. The number of hydrogen-bond acceptors (Lipinski definition) is 8. The van der Waals surface area contributed by atoms with Crippen LogP contribution in [0.2, 0.25) is 0 Å². The Morgan fingerprint density at radius 3 is 2.40 bits per heavy atom. The zero-order chi connectivity index (χ0) is 24.7. The van der Waals surface area contributed by atoms with E-state index >= 15 is 0 Å². The molecule has 1 unspecified atom stereocenters. The van der Waals surface area contributed by atoms with Crippen molar-refractivity contribution in [3.05, 3.63) is 82.2 Å². The molecule has 0 saturated heterocycles. The number of phenols is 1. The lowest BCUT2D eigenvalue weighted by Crippen LogP contribution is -2.22. The lowest BCUT2D eigenvalue weighted by atomic mass is 9.85. The van der Waals surface area contributed by atoms with Crippen LogP contribution in [-0.4, -0.2) is 24.3 Å². The van der Waals surface area contributed by atoms with Crippen molar-refractivity contribution in [1.82, 2.24) is 0 Å². The number of methoxy groups -OCH3 is 1. The topological polar surface area (TPSA) is 138 Å². The van der Waals surface area contributed by atoms with Crippen LogP contribution < -0.4 is 25.4 Å². The third-order valence-corrected chi connectivity index (χ3v) is 5.87. The summed E-state index contributed by atoms with van der Waals surface area (Å²) in [6, 6.07) is 14.5. The van der Waals surface area contributed by atoms with Gasteiger partial charge in [0.15, 0.2) is 0 Å². The fraction of sp³-hybridized carbons (Fsp3) is 0.115. The van der Waals surface area contributed by atoms with Gasteiger partial charge in [0, 0.05) is 17.5 Å². The molecule has 0 spiro atoms. The van der Waals surface area contributed by atoms with Crippen LogP contribution in [0.4, 0.5) is 4.79 Å². The van der Waals surface area contributed by atoms with Crippen LogP contribution in [0.25, 0.3) is 22.1 Å². The highest BCUT2D eigenvalue weighted by atomic mass is 16.5. The highest BCUT2D eigenvalue weighted by molar-refractivity contribution is 5.94. The van der Waals surface area contributed by atoms with Crippen molar-refractivity contribution < 1.29 is 33.3 Å². The first-order valence-corrected chi connectivity index (χ1v) is 10.6. The molecule has 9 heteroatoms. The van der Waals surface area contributed by atoms with E-state index in [0.29, 0.717) is 22.4 Å². The molecule has 3 aromatic carbocycles. The molecule has 3 N–H and O–H groups in total. The summed E-state index contributed by atoms with van der Waals surface area (Å²) in [5, 5.41) is 10.7. The summed E-state index contributed by atoms with van der Waals surface area (Å²) in [7, 11) is 1.54. The number of nitrogens with two attached hydrogens (primary N) is 1. The number of hydrogen-bond donors (Lipinski definition) is 2.